The first-order valence-corrected chi connectivity index (χ1v) is 7.60. The molecule has 0 aromatic rings. The molecule has 0 radical (unpaired) electrons. The van der Waals surface area contributed by atoms with Gasteiger partial charge >= 0.3 is 0 Å². The summed E-state index contributed by atoms with van der Waals surface area (Å²) in [5.41, 5.74) is 2.74. The molecule has 94 valence electrons. The maximum Gasteiger partial charge on any atom is 0.216 e. The molecule has 0 amide bonds. The van der Waals surface area contributed by atoms with E-state index in [1.165, 1.54) is 0 Å². The second-order valence-electron chi connectivity index (χ2n) is 4.79. The molecule has 1 aliphatic carbocycles. The summed E-state index contributed by atoms with van der Waals surface area (Å²) in [4.78, 5) is 0. The van der Waals surface area contributed by atoms with Crippen LogP contribution in [0.2, 0.25) is 0 Å². The standard InChI is InChI=1S/C10H21N3O2S/c11-12-9-3-5-10(6-4-9)16(14,15)13-7-1-2-8-13/h9-10,12H,1-8,11H2. The third-order valence-electron chi connectivity index (χ3n) is 3.76. The van der Waals surface area contributed by atoms with E-state index in [9.17, 15) is 8.42 Å². The molecule has 2 rings (SSSR count). The molecule has 0 spiro atoms. The van der Waals surface area contributed by atoms with Crippen molar-refractivity contribution < 1.29 is 8.42 Å². The number of hydrogen-bond acceptors (Lipinski definition) is 4. The van der Waals surface area contributed by atoms with Crippen molar-refractivity contribution in [1.29, 1.82) is 0 Å². The molecule has 2 fully saturated rings. The fourth-order valence-electron chi connectivity index (χ4n) is 2.68. The summed E-state index contributed by atoms with van der Waals surface area (Å²) < 4.78 is 26.2. The van der Waals surface area contributed by atoms with Crippen molar-refractivity contribution >= 4 is 10.0 Å². The van der Waals surface area contributed by atoms with Crippen molar-refractivity contribution in [3.05, 3.63) is 0 Å². The van der Waals surface area contributed by atoms with Gasteiger partial charge in [0.15, 0.2) is 0 Å². The van der Waals surface area contributed by atoms with Gasteiger partial charge in [0.2, 0.25) is 10.0 Å². The minimum atomic E-state index is -3.03. The minimum absolute atomic E-state index is 0.171. The van der Waals surface area contributed by atoms with Crippen LogP contribution in [0.3, 0.4) is 0 Å². The van der Waals surface area contributed by atoms with Gasteiger partial charge in [-0.1, -0.05) is 0 Å². The van der Waals surface area contributed by atoms with E-state index in [0.29, 0.717) is 6.04 Å². The fraction of sp³-hybridized carbons (Fsp3) is 1.00. The molecule has 2 aliphatic rings. The van der Waals surface area contributed by atoms with Crippen molar-refractivity contribution in [3.8, 4) is 0 Å². The zero-order chi connectivity index (χ0) is 11.6. The Hall–Kier alpha value is -0.170. The van der Waals surface area contributed by atoms with Gasteiger partial charge in [-0.25, -0.2) is 12.7 Å². The minimum Gasteiger partial charge on any atom is -0.271 e. The smallest absolute Gasteiger partial charge is 0.216 e. The molecule has 1 heterocycles. The fourth-order valence-corrected chi connectivity index (χ4v) is 4.74. The Morgan fingerprint density at radius 3 is 2.12 bits per heavy atom. The Labute approximate surface area is 97.4 Å². The van der Waals surface area contributed by atoms with Crippen LogP contribution in [0, 0.1) is 0 Å². The average molecular weight is 247 g/mol. The largest absolute Gasteiger partial charge is 0.271 e. The zero-order valence-electron chi connectivity index (χ0n) is 9.56. The van der Waals surface area contributed by atoms with Crippen LogP contribution in [-0.2, 0) is 10.0 Å². The molecular formula is C10H21N3O2S. The van der Waals surface area contributed by atoms with E-state index in [4.69, 9.17) is 5.84 Å². The van der Waals surface area contributed by atoms with Crippen molar-refractivity contribution in [1.82, 2.24) is 9.73 Å². The van der Waals surface area contributed by atoms with Crippen LogP contribution in [0.1, 0.15) is 38.5 Å². The summed E-state index contributed by atoms with van der Waals surface area (Å²) in [6.45, 7) is 1.44. The van der Waals surface area contributed by atoms with E-state index in [0.717, 1.165) is 51.6 Å². The highest BCUT2D eigenvalue weighted by molar-refractivity contribution is 7.89. The highest BCUT2D eigenvalue weighted by atomic mass is 32.2. The van der Waals surface area contributed by atoms with Crippen LogP contribution in [0.5, 0.6) is 0 Å². The summed E-state index contributed by atoms with van der Waals surface area (Å²) in [6, 6.07) is 0.296. The molecule has 1 aliphatic heterocycles. The predicted octanol–water partition coefficient (Wildman–Crippen LogP) is 0.186. The van der Waals surface area contributed by atoms with Crippen LogP contribution < -0.4 is 11.3 Å². The van der Waals surface area contributed by atoms with E-state index in [-0.39, 0.29) is 5.25 Å². The molecule has 0 aromatic heterocycles. The number of sulfonamides is 1. The Balaban J connectivity index is 1.97. The first-order valence-electron chi connectivity index (χ1n) is 6.09. The highest BCUT2D eigenvalue weighted by Crippen LogP contribution is 2.28. The Morgan fingerprint density at radius 2 is 1.62 bits per heavy atom. The van der Waals surface area contributed by atoms with Gasteiger partial charge in [0.25, 0.3) is 0 Å². The van der Waals surface area contributed by atoms with Crippen LogP contribution in [0.25, 0.3) is 0 Å². The zero-order valence-corrected chi connectivity index (χ0v) is 10.4. The Morgan fingerprint density at radius 1 is 1.06 bits per heavy atom. The lowest BCUT2D eigenvalue weighted by Gasteiger charge is -2.30. The molecule has 1 saturated carbocycles. The van der Waals surface area contributed by atoms with E-state index < -0.39 is 10.0 Å². The maximum atomic E-state index is 12.3. The number of rotatable bonds is 3. The van der Waals surface area contributed by atoms with E-state index >= 15 is 0 Å². The lowest BCUT2D eigenvalue weighted by atomic mass is 9.96. The number of hydrazine groups is 1. The van der Waals surface area contributed by atoms with Crippen molar-refractivity contribution in [2.75, 3.05) is 13.1 Å². The summed E-state index contributed by atoms with van der Waals surface area (Å²) in [7, 11) is -3.03. The van der Waals surface area contributed by atoms with Gasteiger partial charge in [0, 0.05) is 19.1 Å². The van der Waals surface area contributed by atoms with Gasteiger partial charge < -0.3 is 0 Å². The third-order valence-corrected chi connectivity index (χ3v) is 6.15. The van der Waals surface area contributed by atoms with Gasteiger partial charge in [-0.3, -0.25) is 11.3 Å². The summed E-state index contributed by atoms with van der Waals surface area (Å²) in [5, 5.41) is -0.171. The summed E-state index contributed by atoms with van der Waals surface area (Å²) in [6.07, 6.45) is 5.25. The molecule has 5 nitrogen and oxygen atoms in total. The van der Waals surface area contributed by atoms with E-state index in [1.807, 2.05) is 0 Å². The number of nitrogens with zero attached hydrogens (tertiary/aromatic N) is 1. The Kier molecular flexibility index (Phi) is 3.84. The van der Waals surface area contributed by atoms with Crippen LogP contribution in [0.15, 0.2) is 0 Å². The molecule has 1 saturated heterocycles. The Bertz CT molecular complexity index is 317. The molecule has 0 unspecified atom stereocenters. The van der Waals surface area contributed by atoms with Crippen molar-refractivity contribution in [3.63, 3.8) is 0 Å². The average Bonchev–Trinajstić information content (AvgIpc) is 2.83. The third kappa shape index (κ3) is 2.40. The van der Waals surface area contributed by atoms with Gasteiger partial charge in [-0.2, -0.15) is 0 Å². The van der Waals surface area contributed by atoms with Gasteiger partial charge in [-0.15, -0.1) is 0 Å². The second kappa shape index (κ2) is 5.00. The molecular weight excluding hydrogens is 226 g/mol. The van der Waals surface area contributed by atoms with E-state index in [1.54, 1.807) is 4.31 Å². The monoisotopic (exact) mass is 247 g/mol. The number of nitrogens with two attached hydrogens (primary N) is 1. The molecule has 16 heavy (non-hydrogen) atoms. The van der Waals surface area contributed by atoms with Crippen LogP contribution in [-0.4, -0.2) is 37.1 Å². The summed E-state index contributed by atoms with van der Waals surface area (Å²) >= 11 is 0. The number of hydrogen-bond donors (Lipinski definition) is 2. The second-order valence-corrected chi connectivity index (χ2v) is 7.00. The lowest BCUT2D eigenvalue weighted by molar-refractivity contribution is 0.364. The number of nitrogens with one attached hydrogen (secondary N) is 1. The van der Waals surface area contributed by atoms with Gasteiger partial charge in [-0.05, 0) is 38.5 Å². The predicted molar refractivity (Wildman–Crippen MR) is 63.1 cm³/mol. The molecule has 0 aromatic carbocycles. The van der Waals surface area contributed by atoms with Crippen LogP contribution in [0.4, 0.5) is 0 Å². The highest BCUT2D eigenvalue weighted by Gasteiger charge is 2.35. The van der Waals surface area contributed by atoms with Crippen molar-refractivity contribution in [2.24, 2.45) is 5.84 Å². The molecule has 0 bridgehead atoms. The first kappa shape index (κ1) is 12.3. The quantitative estimate of drug-likeness (QED) is 0.551. The van der Waals surface area contributed by atoms with Gasteiger partial charge in [0.05, 0.1) is 5.25 Å². The van der Waals surface area contributed by atoms with Crippen molar-refractivity contribution in [2.45, 2.75) is 49.8 Å². The maximum absolute atomic E-state index is 12.3. The molecule has 6 heteroatoms. The summed E-state index contributed by atoms with van der Waals surface area (Å²) in [5.74, 6) is 5.37. The normalized spacial score (nSPS) is 33.1. The van der Waals surface area contributed by atoms with Crippen LogP contribution >= 0.6 is 0 Å². The molecule has 0 atom stereocenters. The van der Waals surface area contributed by atoms with E-state index in [2.05, 4.69) is 5.43 Å². The lowest BCUT2D eigenvalue weighted by Crippen LogP contribution is -2.44. The van der Waals surface area contributed by atoms with Gasteiger partial charge in [0.1, 0.15) is 0 Å². The first-order chi connectivity index (χ1) is 7.64. The topological polar surface area (TPSA) is 75.4 Å². The SMILES string of the molecule is NNC1CCC(S(=O)(=O)N2CCCC2)CC1. The molecule has 3 N–H and O–H groups in total.